The van der Waals surface area contributed by atoms with Crippen LogP contribution in [-0.4, -0.2) is 35.3 Å². The maximum absolute atomic E-state index is 11.9. The topological polar surface area (TPSA) is 85.4 Å². The molecule has 0 unspecified atom stereocenters. The van der Waals surface area contributed by atoms with Crippen molar-refractivity contribution in [3.8, 4) is 0 Å². The summed E-state index contributed by atoms with van der Waals surface area (Å²) in [6.45, 7) is 0.969. The summed E-state index contributed by atoms with van der Waals surface area (Å²) >= 11 is 0. The van der Waals surface area contributed by atoms with E-state index in [2.05, 4.69) is 10.3 Å². The number of amides is 1. The third kappa shape index (κ3) is 5.31. The first-order chi connectivity index (χ1) is 11.6. The van der Waals surface area contributed by atoms with Crippen LogP contribution in [0.15, 0.2) is 54.9 Å². The first-order valence-corrected chi connectivity index (χ1v) is 7.47. The molecule has 0 aliphatic rings. The SMILES string of the molecule is CC(=O)[C@@H](Cc1ccccc1)NC(=O)COC(=O)c1ccncc1. The van der Waals surface area contributed by atoms with Gasteiger partial charge in [0.25, 0.3) is 5.91 Å². The second-order valence-electron chi connectivity index (χ2n) is 5.23. The van der Waals surface area contributed by atoms with Gasteiger partial charge >= 0.3 is 5.97 Å². The summed E-state index contributed by atoms with van der Waals surface area (Å²) in [6.07, 6.45) is 3.31. The number of nitrogens with zero attached hydrogens (tertiary/aromatic N) is 1. The van der Waals surface area contributed by atoms with Gasteiger partial charge in [-0.15, -0.1) is 0 Å². The zero-order chi connectivity index (χ0) is 17.4. The van der Waals surface area contributed by atoms with Crippen molar-refractivity contribution in [3.63, 3.8) is 0 Å². The lowest BCUT2D eigenvalue weighted by molar-refractivity contribution is -0.128. The number of esters is 1. The van der Waals surface area contributed by atoms with Gasteiger partial charge in [0.1, 0.15) is 0 Å². The van der Waals surface area contributed by atoms with E-state index in [1.165, 1.54) is 31.5 Å². The Morgan fingerprint density at radius 3 is 2.38 bits per heavy atom. The minimum atomic E-state index is -0.653. The van der Waals surface area contributed by atoms with E-state index in [-0.39, 0.29) is 5.78 Å². The number of Topliss-reactive ketones (excluding diaryl/α,β-unsaturated/α-hetero) is 1. The lowest BCUT2D eigenvalue weighted by atomic mass is 10.0. The number of rotatable bonds is 7. The minimum Gasteiger partial charge on any atom is -0.452 e. The van der Waals surface area contributed by atoms with Crippen molar-refractivity contribution in [3.05, 3.63) is 66.0 Å². The van der Waals surface area contributed by atoms with Crippen LogP contribution in [-0.2, 0) is 20.7 Å². The molecule has 24 heavy (non-hydrogen) atoms. The molecule has 1 aromatic carbocycles. The summed E-state index contributed by atoms with van der Waals surface area (Å²) in [4.78, 5) is 39.2. The molecule has 2 aromatic rings. The molecule has 0 saturated carbocycles. The van der Waals surface area contributed by atoms with Crippen molar-refractivity contribution >= 4 is 17.7 Å². The van der Waals surface area contributed by atoms with Gasteiger partial charge in [-0.05, 0) is 31.0 Å². The van der Waals surface area contributed by atoms with E-state index < -0.39 is 24.5 Å². The molecule has 0 aliphatic heterocycles. The van der Waals surface area contributed by atoms with Gasteiger partial charge in [-0.1, -0.05) is 30.3 Å². The van der Waals surface area contributed by atoms with Crippen LogP contribution in [0.2, 0.25) is 0 Å². The Morgan fingerprint density at radius 1 is 1.08 bits per heavy atom. The van der Waals surface area contributed by atoms with E-state index in [4.69, 9.17) is 4.74 Å². The number of benzene rings is 1. The first kappa shape index (κ1) is 17.3. The Labute approximate surface area is 139 Å². The normalized spacial score (nSPS) is 11.4. The van der Waals surface area contributed by atoms with Crippen LogP contribution in [0.4, 0.5) is 0 Å². The van der Waals surface area contributed by atoms with Crippen LogP contribution < -0.4 is 5.32 Å². The fraction of sp³-hybridized carbons (Fsp3) is 0.222. The molecule has 2 rings (SSSR count). The van der Waals surface area contributed by atoms with Crippen molar-refractivity contribution in [1.82, 2.24) is 10.3 Å². The average molecular weight is 326 g/mol. The van der Waals surface area contributed by atoms with Gasteiger partial charge in [0.2, 0.25) is 0 Å². The molecule has 1 heterocycles. The van der Waals surface area contributed by atoms with E-state index in [0.29, 0.717) is 12.0 Å². The molecule has 1 N–H and O–H groups in total. The highest BCUT2D eigenvalue weighted by Gasteiger charge is 2.18. The van der Waals surface area contributed by atoms with Gasteiger partial charge in [-0.3, -0.25) is 14.6 Å². The van der Waals surface area contributed by atoms with E-state index in [1.54, 1.807) is 0 Å². The van der Waals surface area contributed by atoms with Crippen LogP contribution >= 0.6 is 0 Å². The van der Waals surface area contributed by atoms with Crippen LogP contribution in [0.1, 0.15) is 22.8 Å². The van der Waals surface area contributed by atoms with Gasteiger partial charge in [-0.25, -0.2) is 4.79 Å². The maximum Gasteiger partial charge on any atom is 0.338 e. The van der Waals surface area contributed by atoms with Gasteiger partial charge in [0.15, 0.2) is 12.4 Å². The average Bonchev–Trinajstić information content (AvgIpc) is 2.60. The first-order valence-electron chi connectivity index (χ1n) is 7.47. The zero-order valence-corrected chi connectivity index (χ0v) is 13.3. The van der Waals surface area contributed by atoms with Gasteiger partial charge in [0, 0.05) is 12.4 Å². The van der Waals surface area contributed by atoms with E-state index in [9.17, 15) is 14.4 Å². The Kier molecular flexibility index (Phi) is 6.19. The summed E-state index contributed by atoms with van der Waals surface area (Å²) in [5, 5.41) is 2.59. The van der Waals surface area contributed by atoms with E-state index >= 15 is 0 Å². The third-order valence-electron chi connectivity index (χ3n) is 3.36. The highest BCUT2D eigenvalue weighted by Crippen LogP contribution is 2.04. The molecule has 0 radical (unpaired) electrons. The summed E-state index contributed by atoms with van der Waals surface area (Å²) in [5.74, 6) is -1.30. The molecule has 0 bridgehead atoms. The smallest absolute Gasteiger partial charge is 0.338 e. The lowest BCUT2D eigenvalue weighted by Gasteiger charge is -2.16. The Hall–Kier alpha value is -3.02. The van der Waals surface area contributed by atoms with Crippen LogP contribution in [0, 0.1) is 0 Å². The van der Waals surface area contributed by atoms with E-state index in [0.717, 1.165) is 5.56 Å². The maximum atomic E-state index is 11.9. The van der Waals surface area contributed by atoms with Crippen molar-refractivity contribution in [1.29, 1.82) is 0 Å². The molecule has 1 amide bonds. The largest absolute Gasteiger partial charge is 0.452 e. The molecular weight excluding hydrogens is 308 g/mol. The standard InChI is InChI=1S/C18H18N2O4/c1-13(21)16(11-14-5-3-2-4-6-14)20-17(22)12-24-18(23)15-7-9-19-10-8-15/h2-10,16H,11-12H2,1H3,(H,20,22)/t16-/m1/s1. The monoisotopic (exact) mass is 326 g/mol. The number of ketones is 1. The highest BCUT2D eigenvalue weighted by molar-refractivity contribution is 5.92. The number of hydrogen-bond acceptors (Lipinski definition) is 5. The van der Waals surface area contributed by atoms with E-state index in [1.807, 2.05) is 30.3 Å². The van der Waals surface area contributed by atoms with Gasteiger partial charge in [0.05, 0.1) is 11.6 Å². The molecule has 0 spiro atoms. The number of aromatic nitrogens is 1. The predicted molar refractivity (Wildman–Crippen MR) is 87.3 cm³/mol. The second-order valence-corrected chi connectivity index (χ2v) is 5.23. The molecule has 1 aromatic heterocycles. The van der Waals surface area contributed by atoms with Crippen molar-refractivity contribution in [2.45, 2.75) is 19.4 Å². The third-order valence-corrected chi connectivity index (χ3v) is 3.36. The van der Waals surface area contributed by atoms with Crippen LogP contribution in [0.3, 0.4) is 0 Å². The summed E-state index contributed by atoms with van der Waals surface area (Å²) in [5.41, 5.74) is 1.25. The number of carbonyl (C=O) groups excluding carboxylic acids is 3. The number of pyridine rings is 1. The summed E-state index contributed by atoms with van der Waals surface area (Å²) in [6, 6.07) is 11.7. The molecule has 124 valence electrons. The zero-order valence-electron chi connectivity index (χ0n) is 13.3. The Bertz CT molecular complexity index is 701. The molecule has 0 aliphatic carbocycles. The summed E-state index contributed by atoms with van der Waals surface area (Å²) in [7, 11) is 0. The molecular formula is C18H18N2O4. The minimum absolute atomic E-state index is 0.160. The fourth-order valence-electron chi connectivity index (χ4n) is 2.08. The van der Waals surface area contributed by atoms with Gasteiger partial charge < -0.3 is 10.1 Å². The van der Waals surface area contributed by atoms with Crippen LogP contribution in [0.5, 0.6) is 0 Å². The highest BCUT2D eigenvalue weighted by atomic mass is 16.5. The van der Waals surface area contributed by atoms with Crippen molar-refractivity contribution < 1.29 is 19.1 Å². The molecule has 0 fully saturated rings. The second kappa shape index (κ2) is 8.57. The van der Waals surface area contributed by atoms with Crippen LogP contribution in [0.25, 0.3) is 0 Å². The lowest BCUT2D eigenvalue weighted by Crippen LogP contribution is -2.43. The van der Waals surface area contributed by atoms with Crippen molar-refractivity contribution in [2.24, 2.45) is 0 Å². The molecule has 6 nitrogen and oxygen atoms in total. The fourth-order valence-corrected chi connectivity index (χ4v) is 2.08. The number of carbonyl (C=O) groups is 3. The molecule has 1 atom stereocenters. The Balaban J connectivity index is 1.87. The van der Waals surface area contributed by atoms with Crippen molar-refractivity contribution in [2.75, 3.05) is 6.61 Å². The van der Waals surface area contributed by atoms with Gasteiger partial charge in [-0.2, -0.15) is 0 Å². The number of ether oxygens (including phenoxy) is 1. The summed E-state index contributed by atoms with van der Waals surface area (Å²) < 4.78 is 4.93. The Morgan fingerprint density at radius 2 is 1.75 bits per heavy atom. The molecule has 0 saturated heterocycles. The quantitative estimate of drug-likeness (QED) is 0.780. The molecule has 6 heteroatoms. The predicted octanol–water partition coefficient (Wildman–Crippen LogP) is 1.55. The number of nitrogens with one attached hydrogen (secondary N) is 1. The number of hydrogen-bond donors (Lipinski definition) is 1.